The number of fused-ring (bicyclic) bond motifs is 1. The van der Waals surface area contributed by atoms with Crippen molar-refractivity contribution in [3.63, 3.8) is 0 Å². The molecular weight excluding hydrogens is 524 g/mol. The minimum Gasteiger partial charge on any atom is -0.387 e. The Labute approximate surface area is 254 Å². The molecule has 42 heavy (non-hydrogen) atoms. The zero-order chi connectivity index (χ0) is 31.0. The Morgan fingerprint density at radius 2 is 1.71 bits per heavy atom. The van der Waals surface area contributed by atoms with E-state index in [1.165, 1.54) is 48.8 Å². The van der Waals surface area contributed by atoms with Gasteiger partial charge in [-0.15, -0.1) is 0 Å². The molecule has 1 N–H and O–H groups in total. The lowest BCUT2D eigenvalue weighted by atomic mass is 9.86. The molecule has 232 valence electrons. The number of hydrogen-bond donors (Lipinski definition) is 1. The van der Waals surface area contributed by atoms with E-state index in [2.05, 4.69) is 71.2 Å². The number of hydrogen-bond acceptors (Lipinski definition) is 5. The monoisotopic (exact) mass is 578 g/mol. The van der Waals surface area contributed by atoms with Gasteiger partial charge in [-0.1, -0.05) is 71.7 Å². The molecule has 1 saturated heterocycles. The summed E-state index contributed by atoms with van der Waals surface area (Å²) in [7, 11) is 0. The molecule has 7 heteroatoms. The fraction of sp³-hybridized carbons (Fsp3) is 0.629. The summed E-state index contributed by atoms with van der Waals surface area (Å²) in [6.07, 6.45) is 7.59. The lowest BCUT2D eigenvalue weighted by Gasteiger charge is -2.36. The molecule has 0 radical (unpaired) electrons. The van der Waals surface area contributed by atoms with Gasteiger partial charge in [0.2, 0.25) is 5.91 Å². The average Bonchev–Trinajstić information content (AvgIpc) is 3.47. The van der Waals surface area contributed by atoms with Gasteiger partial charge in [-0.2, -0.15) is 5.10 Å². The minimum atomic E-state index is -0.445. The second-order valence-corrected chi connectivity index (χ2v) is 12.4. The van der Waals surface area contributed by atoms with Gasteiger partial charge in [0.25, 0.3) is 0 Å². The molecule has 0 saturated carbocycles. The summed E-state index contributed by atoms with van der Waals surface area (Å²) in [5.41, 5.74) is 8.67. The Hall–Kier alpha value is -2.93. The third-order valence-corrected chi connectivity index (χ3v) is 9.35. The maximum absolute atomic E-state index is 11.6. The molecule has 4 rings (SSSR count). The number of piperazine rings is 1. The van der Waals surface area contributed by atoms with Crippen LogP contribution < -0.4 is 0 Å². The van der Waals surface area contributed by atoms with E-state index in [4.69, 9.17) is 10.2 Å². The molecule has 0 spiro atoms. The highest BCUT2D eigenvalue weighted by Gasteiger charge is 2.35. The van der Waals surface area contributed by atoms with Crippen molar-refractivity contribution in [1.82, 2.24) is 19.6 Å². The molecule has 1 amide bonds. The number of Topliss-reactive ketones (excluding diaryl/α,β-unsaturated/α-hetero) is 1. The van der Waals surface area contributed by atoms with Gasteiger partial charge in [-0.05, 0) is 74.5 Å². The van der Waals surface area contributed by atoms with Gasteiger partial charge in [-0.25, -0.2) is 0 Å². The number of ketones is 1. The van der Waals surface area contributed by atoms with Crippen LogP contribution >= 0.6 is 0 Å². The first kappa shape index (κ1) is 33.6. The minimum absolute atomic E-state index is 0.0933. The maximum atomic E-state index is 11.6. The summed E-state index contributed by atoms with van der Waals surface area (Å²) in [6.45, 7) is 21.7. The number of carbonyl (C=O) groups is 2. The number of aryl methyl sites for hydroxylation is 1. The Morgan fingerprint density at radius 3 is 2.31 bits per heavy atom. The summed E-state index contributed by atoms with van der Waals surface area (Å²) in [6, 6.07) is 6.77. The second-order valence-electron chi connectivity index (χ2n) is 12.4. The molecule has 0 bridgehead atoms. The number of benzene rings is 1. The predicted molar refractivity (Wildman–Crippen MR) is 172 cm³/mol. The summed E-state index contributed by atoms with van der Waals surface area (Å²) in [5.74, 6) is 1.55. The normalized spacial score (nSPS) is 18.8. The number of amides is 1. The van der Waals surface area contributed by atoms with Crippen molar-refractivity contribution >= 4 is 17.4 Å². The molecular formula is C35H54N4O3. The average molecular weight is 579 g/mol. The van der Waals surface area contributed by atoms with Crippen LogP contribution in [0.4, 0.5) is 0 Å². The van der Waals surface area contributed by atoms with E-state index in [-0.39, 0.29) is 11.7 Å². The number of aromatic nitrogens is 2. The topological polar surface area (TPSA) is 78.7 Å². The SMILES string of the molecule is C=C(c1nn(CC(C)=O)c2c1C(C)[C@H](C)C2)N1CCN(C(=O)CO)CC1.CCCCC(CCC)c1cccc(C)c1C. The van der Waals surface area contributed by atoms with E-state index in [1.54, 1.807) is 17.4 Å². The number of nitrogens with zero attached hydrogens (tertiary/aromatic N) is 4. The molecule has 1 aliphatic carbocycles. The van der Waals surface area contributed by atoms with E-state index in [9.17, 15) is 9.59 Å². The molecule has 2 aromatic rings. The van der Waals surface area contributed by atoms with Crippen LogP contribution in [0, 0.1) is 19.8 Å². The zero-order valence-corrected chi connectivity index (χ0v) is 27.2. The van der Waals surface area contributed by atoms with Crippen LogP contribution in [0.5, 0.6) is 0 Å². The van der Waals surface area contributed by atoms with Crippen LogP contribution in [0.1, 0.15) is 112 Å². The third kappa shape index (κ3) is 7.91. The van der Waals surface area contributed by atoms with Crippen LogP contribution in [0.25, 0.3) is 5.70 Å². The predicted octanol–water partition coefficient (Wildman–Crippen LogP) is 6.25. The lowest BCUT2D eigenvalue weighted by molar-refractivity contribution is -0.135. The number of unbranched alkanes of at least 4 members (excludes halogenated alkanes) is 1. The molecule has 2 aliphatic rings. The fourth-order valence-corrected chi connectivity index (χ4v) is 6.47. The van der Waals surface area contributed by atoms with Crippen molar-refractivity contribution in [2.45, 2.75) is 105 Å². The van der Waals surface area contributed by atoms with Crippen LogP contribution in [0.2, 0.25) is 0 Å². The first-order chi connectivity index (χ1) is 20.0. The number of rotatable bonds is 11. The van der Waals surface area contributed by atoms with Gasteiger partial charge < -0.3 is 14.9 Å². The molecule has 7 nitrogen and oxygen atoms in total. The number of aliphatic hydroxyl groups excluding tert-OH is 1. The standard InChI is InChI=1S/C19H28N4O3.C16H26/c1-12-9-16-18(14(12)3)19(20-23(16)10-13(2)25)15(4)21-5-7-22(8-6-21)17(26)11-24;1-5-7-11-15(9-6-2)16-12-8-10-13(3)14(16)4/h12,14,24H,4-11H2,1-3H3;8,10,12,15H,5-7,9,11H2,1-4H3/t12-,14?;/m1./s1. The van der Waals surface area contributed by atoms with E-state index in [0.717, 1.165) is 29.4 Å². The Morgan fingerprint density at radius 1 is 1.05 bits per heavy atom. The van der Waals surface area contributed by atoms with Crippen molar-refractivity contribution in [3.8, 4) is 0 Å². The molecule has 2 heterocycles. The van der Waals surface area contributed by atoms with Crippen molar-refractivity contribution < 1.29 is 14.7 Å². The smallest absolute Gasteiger partial charge is 0.248 e. The van der Waals surface area contributed by atoms with E-state index in [0.29, 0.717) is 44.6 Å². The van der Waals surface area contributed by atoms with Crippen LogP contribution in [-0.2, 0) is 22.6 Å². The summed E-state index contributed by atoms with van der Waals surface area (Å²) >= 11 is 0. The second kappa shape index (κ2) is 15.5. The number of carbonyl (C=O) groups excluding carboxylic acids is 2. The largest absolute Gasteiger partial charge is 0.387 e. The Bertz CT molecular complexity index is 1230. The van der Waals surface area contributed by atoms with Crippen LogP contribution in [0.15, 0.2) is 24.8 Å². The molecule has 1 fully saturated rings. The first-order valence-corrected chi connectivity index (χ1v) is 16.0. The van der Waals surface area contributed by atoms with E-state index in [1.807, 2.05) is 4.68 Å². The lowest BCUT2D eigenvalue weighted by Crippen LogP contribution is -2.48. The third-order valence-electron chi connectivity index (χ3n) is 9.35. The molecule has 1 aliphatic heterocycles. The first-order valence-electron chi connectivity index (χ1n) is 16.0. The van der Waals surface area contributed by atoms with Crippen molar-refractivity contribution in [2.75, 3.05) is 32.8 Å². The van der Waals surface area contributed by atoms with Crippen LogP contribution in [0.3, 0.4) is 0 Å². The van der Waals surface area contributed by atoms with Crippen molar-refractivity contribution in [1.29, 1.82) is 0 Å². The van der Waals surface area contributed by atoms with Gasteiger partial charge in [0.1, 0.15) is 12.3 Å². The quantitative estimate of drug-likeness (QED) is 0.341. The Kier molecular flexibility index (Phi) is 12.4. The van der Waals surface area contributed by atoms with Gasteiger partial charge in [0.05, 0.1) is 12.2 Å². The van der Waals surface area contributed by atoms with Crippen molar-refractivity contribution in [2.24, 2.45) is 5.92 Å². The highest BCUT2D eigenvalue weighted by molar-refractivity contribution is 5.77. The molecule has 2 unspecified atom stereocenters. The molecule has 1 aromatic heterocycles. The van der Waals surface area contributed by atoms with Gasteiger partial charge >= 0.3 is 0 Å². The highest BCUT2D eigenvalue weighted by Crippen LogP contribution is 2.42. The van der Waals surface area contributed by atoms with Crippen LogP contribution in [-0.4, -0.2) is 69.2 Å². The van der Waals surface area contributed by atoms with Gasteiger partial charge in [0.15, 0.2) is 5.78 Å². The fourth-order valence-electron chi connectivity index (χ4n) is 6.47. The zero-order valence-electron chi connectivity index (χ0n) is 27.2. The van der Waals surface area contributed by atoms with E-state index >= 15 is 0 Å². The highest BCUT2D eigenvalue weighted by atomic mass is 16.3. The van der Waals surface area contributed by atoms with Gasteiger partial charge in [-0.3, -0.25) is 14.3 Å². The summed E-state index contributed by atoms with van der Waals surface area (Å²) < 4.78 is 1.85. The van der Waals surface area contributed by atoms with Gasteiger partial charge in [0, 0.05) is 37.4 Å². The van der Waals surface area contributed by atoms with Crippen molar-refractivity contribution in [3.05, 3.63) is 58.4 Å². The summed E-state index contributed by atoms with van der Waals surface area (Å²) in [5, 5.41) is 13.7. The van der Waals surface area contributed by atoms with E-state index < -0.39 is 6.61 Å². The molecule has 1 aromatic carbocycles. The maximum Gasteiger partial charge on any atom is 0.248 e. The molecule has 3 atom stereocenters. The summed E-state index contributed by atoms with van der Waals surface area (Å²) in [4.78, 5) is 27.1. The Balaban J connectivity index is 0.000000260. The number of aliphatic hydroxyl groups is 1.